The number of amides is 1. The summed E-state index contributed by atoms with van der Waals surface area (Å²) < 4.78 is 0. The van der Waals surface area contributed by atoms with Gasteiger partial charge in [-0.05, 0) is 29.9 Å². The molecule has 2 atom stereocenters. The topological polar surface area (TPSA) is 33.2 Å². The molecule has 2 aliphatic rings. The minimum Gasteiger partial charge on any atom is -0.342 e. The predicted molar refractivity (Wildman–Crippen MR) is 56.1 cm³/mol. The highest BCUT2D eigenvalue weighted by atomic mass is 16.2. The van der Waals surface area contributed by atoms with Gasteiger partial charge in [-0.15, -0.1) is 0 Å². The number of carbonyl (C=O) groups is 1. The second-order valence-electron chi connectivity index (χ2n) is 4.59. The van der Waals surface area contributed by atoms with E-state index >= 15 is 0 Å². The summed E-state index contributed by atoms with van der Waals surface area (Å²) in [6.45, 7) is 1.98. The van der Waals surface area contributed by atoms with Gasteiger partial charge in [0.15, 0.2) is 0 Å². The van der Waals surface area contributed by atoms with E-state index in [0.717, 1.165) is 30.5 Å². The monoisotopic (exact) mass is 202 g/mol. The molecule has 0 bridgehead atoms. The summed E-state index contributed by atoms with van der Waals surface area (Å²) in [5, 5.41) is 0. The highest BCUT2D eigenvalue weighted by molar-refractivity contribution is 5.79. The standard InChI is InChI=1S/C12H14N2O/c15-12(4-9-2-1-3-13-6-9)14-7-10-5-11(10)8-14/h1-3,6,10-11H,4-5,7-8H2. The van der Waals surface area contributed by atoms with Crippen LogP contribution >= 0.6 is 0 Å². The molecule has 0 spiro atoms. The average molecular weight is 202 g/mol. The smallest absolute Gasteiger partial charge is 0.227 e. The molecule has 1 aromatic rings. The van der Waals surface area contributed by atoms with Crippen LogP contribution in [0, 0.1) is 11.8 Å². The predicted octanol–water partition coefficient (Wildman–Crippen LogP) is 1.10. The van der Waals surface area contributed by atoms with Gasteiger partial charge in [0.2, 0.25) is 5.91 Å². The molecular weight excluding hydrogens is 188 g/mol. The van der Waals surface area contributed by atoms with Gasteiger partial charge in [-0.1, -0.05) is 6.07 Å². The van der Waals surface area contributed by atoms with E-state index in [1.807, 2.05) is 17.0 Å². The van der Waals surface area contributed by atoms with Crippen molar-refractivity contribution in [2.75, 3.05) is 13.1 Å². The Balaban J connectivity index is 1.61. The first-order chi connectivity index (χ1) is 7.33. The first kappa shape index (κ1) is 8.89. The molecular formula is C12H14N2O. The number of hydrogen-bond acceptors (Lipinski definition) is 2. The maximum absolute atomic E-state index is 11.9. The minimum atomic E-state index is 0.259. The number of pyridine rings is 1. The average Bonchev–Trinajstić information content (AvgIpc) is 2.87. The van der Waals surface area contributed by atoms with Crippen molar-refractivity contribution in [1.82, 2.24) is 9.88 Å². The quantitative estimate of drug-likeness (QED) is 0.719. The lowest BCUT2D eigenvalue weighted by Gasteiger charge is -2.17. The Morgan fingerprint density at radius 2 is 2.27 bits per heavy atom. The van der Waals surface area contributed by atoms with E-state index in [-0.39, 0.29) is 5.91 Å². The Morgan fingerprint density at radius 3 is 2.93 bits per heavy atom. The van der Waals surface area contributed by atoms with Gasteiger partial charge in [-0.25, -0.2) is 0 Å². The Morgan fingerprint density at radius 1 is 1.47 bits per heavy atom. The van der Waals surface area contributed by atoms with Crippen LogP contribution in [-0.2, 0) is 11.2 Å². The molecule has 3 rings (SSSR count). The van der Waals surface area contributed by atoms with E-state index in [9.17, 15) is 4.79 Å². The maximum Gasteiger partial charge on any atom is 0.227 e. The lowest BCUT2D eigenvalue weighted by Crippen LogP contribution is -2.31. The van der Waals surface area contributed by atoms with Crippen molar-refractivity contribution in [3.8, 4) is 0 Å². The van der Waals surface area contributed by atoms with Crippen molar-refractivity contribution in [3.05, 3.63) is 30.1 Å². The Bertz CT molecular complexity index is 366. The largest absolute Gasteiger partial charge is 0.342 e. The fraction of sp³-hybridized carbons (Fsp3) is 0.500. The van der Waals surface area contributed by atoms with Crippen LogP contribution in [0.4, 0.5) is 0 Å². The number of likely N-dealkylation sites (tertiary alicyclic amines) is 1. The van der Waals surface area contributed by atoms with Crippen LogP contribution in [0.15, 0.2) is 24.5 Å². The van der Waals surface area contributed by atoms with Crippen LogP contribution in [0.2, 0.25) is 0 Å². The lowest BCUT2D eigenvalue weighted by molar-refractivity contribution is -0.129. The van der Waals surface area contributed by atoms with Gasteiger partial charge >= 0.3 is 0 Å². The molecule has 1 amide bonds. The summed E-state index contributed by atoms with van der Waals surface area (Å²) >= 11 is 0. The third-order valence-corrected chi connectivity index (χ3v) is 3.41. The minimum absolute atomic E-state index is 0.259. The molecule has 1 aliphatic carbocycles. The first-order valence-corrected chi connectivity index (χ1v) is 5.49. The molecule has 0 aromatic carbocycles. The van der Waals surface area contributed by atoms with E-state index in [2.05, 4.69) is 4.98 Å². The fourth-order valence-corrected chi connectivity index (χ4v) is 2.39. The van der Waals surface area contributed by atoms with Crippen LogP contribution in [0.5, 0.6) is 0 Å². The fourth-order valence-electron chi connectivity index (χ4n) is 2.39. The molecule has 15 heavy (non-hydrogen) atoms. The summed E-state index contributed by atoms with van der Waals surface area (Å²) in [4.78, 5) is 17.9. The van der Waals surface area contributed by atoms with Gasteiger partial charge in [-0.3, -0.25) is 9.78 Å². The zero-order valence-electron chi connectivity index (χ0n) is 8.60. The number of piperidine rings is 1. The molecule has 1 aliphatic heterocycles. The van der Waals surface area contributed by atoms with Gasteiger partial charge in [0, 0.05) is 25.5 Å². The number of aromatic nitrogens is 1. The molecule has 2 unspecified atom stereocenters. The van der Waals surface area contributed by atoms with Gasteiger partial charge < -0.3 is 4.90 Å². The molecule has 1 aromatic heterocycles. The van der Waals surface area contributed by atoms with Gasteiger partial charge in [0.25, 0.3) is 0 Å². The number of rotatable bonds is 2. The SMILES string of the molecule is O=C(Cc1cccnc1)N1CC2CC2C1. The van der Waals surface area contributed by atoms with Crippen LogP contribution in [0.1, 0.15) is 12.0 Å². The van der Waals surface area contributed by atoms with E-state index in [4.69, 9.17) is 0 Å². The third kappa shape index (κ3) is 1.74. The highest BCUT2D eigenvalue weighted by Gasteiger charge is 2.46. The normalized spacial score (nSPS) is 27.6. The summed E-state index contributed by atoms with van der Waals surface area (Å²) in [7, 11) is 0. The number of fused-ring (bicyclic) bond motifs is 1. The van der Waals surface area contributed by atoms with E-state index < -0.39 is 0 Å². The molecule has 3 nitrogen and oxygen atoms in total. The van der Waals surface area contributed by atoms with Crippen LogP contribution in [-0.4, -0.2) is 28.9 Å². The Labute approximate surface area is 89.1 Å². The number of hydrogen-bond donors (Lipinski definition) is 0. The third-order valence-electron chi connectivity index (χ3n) is 3.41. The summed E-state index contributed by atoms with van der Waals surface area (Å²) in [5.41, 5.74) is 1.02. The van der Waals surface area contributed by atoms with Gasteiger partial charge in [0.1, 0.15) is 0 Å². The molecule has 1 saturated carbocycles. The molecule has 78 valence electrons. The van der Waals surface area contributed by atoms with Crippen LogP contribution in [0.3, 0.4) is 0 Å². The van der Waals surface area contributed by atoms with Crippen molar-refractivity contribution in [2.24, 2.45) is 11.8 Å². The van der Waals surface area contributed by atoms with Crippen molar-refractivity contribution < 1.29 is 4.79 Å². The van der Waals surface area contributed by atoms with Gasteiger partial charge in [0.05, 0.1) is 6.42 Å². The molecule has 2 heterocycles. The van der Waals surface area contributed by atoms with Crippen molar-refractivity contribution in [3.63, 3.8) is 0 Å². The van der Waals surface area contributed by atoms with Crippen LogP contribution in [0.25, 0.3) is 0 Å². The molecule has 0 radical (unpaired) electrons. The Hall–Kier alpha value is -1.38. The van der Waals surface area contributed by atoms with Gasteiger partial charge in [-0.2, -0.15) is 0 Å². The zero-order valence-corrected chi connectivity index (χ0v) is 8.60. The summed E-state index contributed by atoms with van der Waals surface area (Å²) in [6.07, 6.45) is 5.36. The molecule has 3 heteroatoms. The van der Waals surface area contributed by atoms with E-state index in [0.29, 0.717) is 6.42 Å². The molecule has 0 N–H and O–H groups in total. The summed E-state index contributed by atoms with van der Waals surface area (Å²) in [6, 6.07) is 3.84. The number of nitrogens with zero attached hydrogens (tertiary/aromatic N) is 2. The number of carbonyl (C=O) groups excluding carboxylic acids is 1. The van der Waals surface area contributed by atoms with Crippen molar-refractivity contribution in [2.45, 2.75) is 12.8 Å². The summed E-state index contributed by atoms with van der Waals surface area (Å²) in [5.74, 6) is 1.90. The maximum atomic E-state index is 11.9. The van der Waals surface area contributed by atoms with E-state index in [1.54, 1.807) is 12.4 Å². The highest BCUT2D eigenvalue weighted by Crippen LogP contribution is 2.44. The molecule has 2 fully saturated rings. The second kappa shape index (κ2) is 3.33. The van der Waals surface area contributed by atoms with Crippen molar-refractivity contribution in [1.29, 1.82) is 0 Å². The first-order valence-electron chi connectivity index (χ1n) is 5.49. The second-order valence-corrected chi connectivity index (χ2v) is 4.59. The van der Waals surface area contributed by atoms with Crippen LogP contribution < -0.4 is 0 Å². The zero-order chi connectivity index (χ0) is 10.3. The van der Waals surface area contributed by atoms with Crippen molar-refractivity contribution >= 4 is 5.91 Å². The lowest BCUT2D eigenvalue weighted by atomic mass is 10.2. The molecule has 1 saturated heterocycles. The van der Waals surface area contributed by atoms with E-state index in [1.165, 1.54) is 6.42 Å². The Kier molecular flexibility index (Phi) is 1.97.